The van der Waals surface area contributed by atoms with Gasteiger partial charge in [-0.3, -0.25) is 4.79 Å². The number of amides is 1. The molecule has 3 rings (SSSR count). The van der Waals surface area contributed by atoms with Gasteiger partial charge in [0.05, 0.1) is 5.56 Å². The Labute approximate surface area is 144 Å². The van der Waals surface area contributed by atoms with Gasteiger partial charge in [0, 0.05) is 18.7 Å². The standard InChI is InChI=1S/C18H18N4O3/c1-11(18-22-21-12(2)24-18)20-13-6-5-7-14(10-13)25-16-9-4-3-8-15(16)17(19)23/h3-11,20H,1-2H3,(H2,19,23)/t11-/m0/s1. The molecule has 128 valence electrons. The highest BCUT2D eigenvalue weighted by Crippen LogP contribution is 2.28. The zero-order chi connectivity index (χ0) is 17.8. The first-order chi connectivity index (χ1) is 12.0. The van der Waals surface area contributed by atoms with Gasteiger partial charge in [0.25, 0.3) is 5.91 Å². The first-order valence-corrected chi connectivity index (χ1v) is 7.76. The Morgan fingerprint density at radius 1 is 1.20 bits per heavy atom. The van der Waals surface area contributed by atoms with E-state index in [1.807, 2.05) is 25.1 Å². The summed E-state index contributed by atoms with van der Waals surface area (Å²) in [6.45, 7) is 3.66. The maximum absolute atomic E-state index is 11.5. The number of aromatic nitrogens is 2. The van der Waals surface area contributed by atoms with Crippen LogP contribution in [-0.4, -0.2) is 16.1 Å². The number of hydrogen-bond acceptors (Lipinski definition) is 6. The summed E-state index contributed by atoms with van der Waals surface area (Å²) in [7, 11) is 0. The van der Waals surface area contributed by atoms with E-state index >= 15 is 0 Å². The summed E-state index contributed by atoms with van der Waals surface area (Å²) in [5.41, 5.74) is 6.52. The van der Waals surface area contributed by atoms with Crippen molar-refractivity contribution in [2.45, 2.75) is 19.9 Å². The number of nitrogens with two attached hydrogens (primary N) is 1. The summed E-state index contributed by atoms with van der Waals surface area (Å²) in [4.78, 5) is 11.5. The lowest BCUT2D eigenvalue weighted by Crippen LogP contribution is -2.12. The molecule has 0 aliphatic rings. The molecule has 0 radical (unpaired) electrons. The molecule has 1 aromatic heterocycles. The third kappa shape index (κ3) is 3.95. The molecule has 0 aliphatic carbocycles. The molecule has 7 heteroatoms. The van der Waals surface area contributed by atoms with Crippen molar-refractivity contribution in [1.82, 2.24) is 10.2 Å². The lowest BCUT2D eigenvalue weighted by atomic mass is 10.2. The number of ether oxygens (including phenoxy) is 1. The number of nitrogens with one attached hydrogen (secondary N) is 1. The number of hydrogen-bond donors (Lipinski definition) is 2. The minimum Gasteiger partial charge on any atom is -0.456 e. The maximum Gasteiger partial charge on any atom is 0.252 e. The van der Waals surface area contributed by atoms with E-state index in [0.29, 0.717) is 28.8 Å². The molecule has 0 bridgehead atoms. The molecular weight excluding hydrogens is 320 g/mol. The predicted octanol–water partition coefficient (Wildman–Crippen LogP) is 3.44. The molecule has 0 aliphatic heterocycles. The predicted molar refractivity (Wildman–Crippen MR) is 92.5 cm³/mol. The van der Waals surface area contributed by atoms with Gasteiger partial charge in [-0.05, 0) is 31.2 Å². The molecule has 0 spiro atoms. The van der Waals surface area contributed by atoms with Crippen LogP contribution in [0.25, 0.3) is 0 Å². The maximum atomic E-state index is 11.5. The average Bonchev–Trinajstić information content (AvgIpc) is 3.02. The SMILES string of the molecule is Cc1nnc([C@H](C)Nc2cccc(Oc3ccccc3C(N)=O)c2)o1. The molecule has 0 unspecified atom stereocenters. The van der Waals surface area contributed by atoms with E-state index in [-0.39, 0.29) is 6.04 Å². The number of carbonyl (C=O) groups excluding carboxylic acids is 1. The molecule has 1 atom stereocenters. The fourth-order valence-electron chi connectivity index (χ4n) is 2.33. The van der Waals surface area contributed by atoms with Gasteiger partial charge in [0.15, 0.2) is 0 Å². The van der Waals surface area contributed by atoms with Crippen LogP contribution in [-0.2, 0) is 0 Å². The number of anilines is 1. The molecular formula is C18H18N4O3. The Balaban J connectivity index is 1.77. The Morgan fingerprint density at radius 2 is 2.00 bits per heavy atom. The van der Waals surface area contributed by atoms with Crippen molar-refractivity contribution in [2.24, 2.45) is 5.73 Å². The van der Waals surface area contributed by atoms with E-state index in [1.165, 1.54) is 0 Å². The summed E-state index contributed by atoms with van der Waals surface area (Å²) in [6.07, 6.45) is 0. The van der Waals surface area contributed by atoms with Gasteiger partial charge in [0.2, 0.25) is 11.8 Å². The Bertz CT molecular complexity index is 891. The zero-order valence-electron chi connectivity index (χ0n) is 13.9. The molecule has 3 N–H and O–H groups in total. The first-order valence-electron chi connectivity index (χ1n) is 7.76. The number of primary amides is 1. The van der Waals surface area contributed by atoms with Crippen LogP contribution in [0.4, 0.5) is 5.69 Å². The molecule has 0 saturated carbocycles. The van der Waals surface area contributed by atoms with Crippen molar-refractivity contribution >= 4 is 11.6 Å². The topological polar surface area (TPSA) is 103 Å². The minimum absolute atomic E-state index is 0.158. The quantitative estimate of drug-likeness (QED) is 0.713. The lowest BCUT2D eigenvalue weighted by Gasteiger charge is -2.13. The lowest BCUT2D eigenvalue weighted by molar-refractivity contribution is 0.0998. The third-order valence-corrected chi connectivity index (χ3v) is 3.51. The van der Waals surface area contributed by atoms with Gasteiger partial charge in [-0.15, -0.1) is 10.2 Å². The van der Waals surface area contributed by atoms with Gasteiger partial charge in [-0.2, -0.15) is 0 Å². The highest BCUT2D eigenvalue weighted by molar-refractivity contribution is 5.95. The second-order valence-corrected chi connectivity index (χ2v) is 5.52. The third-order valence-electron chi connectivity index (χ3n) is 3.51. The second-order valence-electron chi connectivity index (χ2n) is 5.52. The first kappa shape index (κ1) is 16.5. The van der Waals surface area contributed by atoms with E-state index in [9.17, 15) is 4.79 Å². The molecule has 0 fully saturated rings. The summed E-state index contributed by atoms with van der Waals surface area (Å²) < 4.78 is 11.2. The number of rotatable bonds is 6. The van der Waals surface area contributed by atoms with Crippen molar-refractivity contribution in [1.29, 1.82) is 0 Å². The van der Waals surface area contributed by atoms with Crippen LogP contribution in [0, 0.1) is 6.92 Å². The average molecular weight is 338 g/mol. The zero-order valence-corrected chi connectivity index (χ0v) is 13.9. The summed E-state index contributed by atoms with van der Waals surface area (Å²) in [5.74, 6) is 1.47. The molecule has 1 heterocycles. The number of nitrogens with zero attached hydrogens (tertiary/aromatic N) is 2. The van der Waals surface area contributed by atoms with Crippen LogP contribution < -0.4 is 15.8 Å². The Kier molecular flexibility index (Phi) is 4.65. The van der Waals surface area contributed by atoms with E-state index in [4.69, 9.17) is 14.9 Å². The van der Waals surface area contributed by atoms with Crippen LogP contribution in [0.2, 0.25) is 0 Å². The largest absolute Gasteiger partial charge is 0.456 e. The summed E-state index contributed by atoms with van der Waals surface area (Å²) in [5, 5.41) is 11.1. The summed E-state index contributed by atoms with van der Waals surface area (Å²) >= 11 is 0. The van der Waals surface area contributed by atoms with Crippen LogP contribution in [0.15, 0.2) is 52.9 Å². The van der Waals surface area contributed by atoms with Gasteiger partial charge < -0.3 is 20.2 Å². The van der Waals surface area contributed by atoms with E-state index in [2.05, 4.69) is 15.5 Å². The van der Waals surface area contributed by atoms with Crippen molar-refractivity contribution < 1.29 is 13.9 Å². The minimum atomic E-state index is -0.537. The fraction of sp³-hybridized carbons (Fsp3) is 0.167. The van der Waals surface area contributed by atoms with Gasteiger partial charge in [-0.1, -0.05) is 18.2 Å². The van der Waals surface area contributed by atoms with Crippen LogP contribution >= 0.6 is 0 Å². The highest BCUT2D eigenvalue weighted by atomic mass is 16.5. The van der Waals surface area contributed by atoms with Gasteiger partial charge in [-0.25, -0.2) is 0 Å². The van der Waals surface area contributed by atoms with Gasteiger partial charge in [0.1, 0.15) is 17.5 Å². The van der Waals surface area contributed by atoms with Crippen LogP contribution in [0.1, 0.15) is 35.1 Å². The molecule has 0 saturated heterocycles. The monoisotopic (exact) mass is 338 g/mol. The van der Waals surface area contributed by atoms with E-state index in [1.54, 1.807) is 37.3 Å². The normalized spacial score (nSPS) is 11.8. The number of aryl methyl sites for hydroxylation is 1. The smallest absolute Gasteiger partial charge is 0.252 e. The van der Waals surface area contributed by atoms with Crippen molar-refractivity contribution in [2.75, 3.05) is 5.32 Å². The Hall–Kier alpha value is -3.35. The van der Waals surface area contributed by atoms with Crippen LogP contribution in [0.3, 0.4) is 0 Å². The molecule has 25 heavy (non-hydrogen) atoms. The molecule has 3 aromatic rings. The second kappa shape index (κ2) is 7.04. The van der Waals surface area contributed by atoms with Crippen LogP contribution in [0.5, 0.6) is 11.5 Å². The van der Waals surface area contributed by atoms with Crippen molar-refractivity contribution in [3.8, 4) is 11.5 Å². The molecule has 2 aromatic carbocycles. The molecule has 7 nitrogen and oxygen atoms in total. The fourth-order valence-corrected chi connectivity index (χ4v) is 2.33. The van der Waals surface area contributed by atoms with Gasteiger partial charge >= 0.3 is 0 Å². The number of para-hydroxylation sites is 1. The number of benzene rings is 2. The Morgan fingerprint density at radius 3 is 2.72 bits per heavy atom. The highest BCUT2D eigenvalue weighted by Gasteiger charge is 2.13. The van der Waals surface area contributed by atoms with Crippen molar-refractivity contribution in [3.05, 3.63) is 65.9 Å². The van der Waals surface area contributed by atoms with Crippen molar-refractivity contribution in [3.63, 3.8) is 0 Å². The number of carbonyl (C=O) groups is 1. The molecule has 1 amide bonds. The van der Waals surface area contributed by atoms with E-state index < -0.39 is 5.91 Å². The van der Waals surface area contributed by atoms with E-state index in [0.717, 1.165) is 5.69 Å². The summed E-state index contributed by atoms with van der Waals surface area (Å²) in [6, 6.07) is 14.0.